The highest BCUT2D eigenvalue weighted by Crippen LogP contribution is 2.52. The Labute approximate surface area is 144 Å². The number of rotatable bonds is 10. The summed E-state index contributed by atoms with van der Waals surface area (Å²) in [7, 11) is -3.96. The Kier molecular flexibility index (Phi) is 9.38. The molecule has 0 saturated heterocycles. The largest absolute Gasteiger partial charge is 0.530 e. The standard InChI is InChI=1S/C12H15Cl4O4P/c13-6-11(7-14)19-21(17,20-12(8-15)9-16)18-10-4-2-1-3-5-10/h1-5,11-12H,6-9H2. The van der Waals surface area contributed by atoms with Crippen molar-refractivity contribution in [3.63, 3.8) is 0 Å². The minimum atomic E-state index is -3.96. The van der Waals surface area contributed by atoms with Crippen LogP contribution in [0.3, 0.4) is 0 Å². The Balaban J connectivity index is 2.89. The molecule has 0 radical (unpaired) electrons. The van der Waals surface area contributed by atoms with Crippen LogP contribution in [-0.2, 0) is 13.6 Å². The van der Waals surface area contributed by atoms with Crippen molar-refractivity contribution in [3.05, 3.63) is 30.3 Å². The van der Waals surface area contributed by atoms with E-state index in [9.17, 15) is 4.57 Å². The fourth-order valence-corrected chi connectivity index (χ4v) is 4.05. The molecule has 9 heteroatoms. The summed E-state index contributed by atoms with van der Waals surface area (Å²) in [4.78, 5) is 0. The molecular weight excluding hydrogens is 381 g/mol. The number of alkyl halides is 4. The molecule has 0 atom stereocenters. The van der Waals surface area contributed by atoms with Gasteiger partial charge in [0.05, 0.1) is 35.7 Å². The lowest BCUT2D eigenvalue weighted by atomic mass is 10.3. The minimum absolute atomic E-state index is 0.0431. The molecule has 120 valence electrons. The maximum Gasteiger partial charge on any atom is 0.530 e. The number of para-hydroxylation sites is 1. The predicted octanol–water partition coefficient (Wildman–Crippen LogP) is 4.90. The van der Waals surface area contributed by atoms with E-state index < -0.39 is 20.0 Å². The third-order valence-electron chi connectivity index (χ3n) is 2.21. The quantitative estimate of drug-likeness (QED) is 0.417. The molecule has 1 aromatic rings. The normalized spacial score (nSPS) is 12.1. The highest BCUT2D eigenvalue weighted by atomic mass is 35.5. The molecule has 21 heavy (non-hydrogen) atoms. The van der Waals surface area contributed by atoms with Gasteiger partial charge in [0.2, 0.25) is 0 Å². The average molecular weight is 396 g/mol. The van der Waals surface area contributed by atoms with Crippen LogP contribution >= 0.6 is 54.2 Å². The molecule has 0 amide bonds. The minimum Gasteiger partial charge on any atom is -0.404 e. The van der Waals surface area contributed by atoms with E-state index >= 15 is 0 Å². The molecule has 0 unspecified atom stereocenters. The van der Waals surface area contributed by atoms with Crippen LogP contribution in [-0.4, -0.2) is 35.7 Å². The van der Waals surface area contributed by atoms with Gasteiger partial charge in [0.25, 0.3) is 0 Å². The van der Waals surface area contributed by atoms with Crippen LogP contribution in [0.2, 0.25) is 0 Å². The SMILES string of the molecule is O=P(Oc1ccccc1)(OC(CCl)CCl)OC(CCl)CCl. The zero-order valence-electron chi connectivity index (χ0n) is 11.0. The lowest BCUT2D eigenvalue weighted by molar-refractivity contribution is 0.108. The Morgan fingerprint density at radius 2 is 1.29 bits per heavy atom. The van der Waals surface area contributed by atoms with Crippen LogP contribution in [0.4, 0.5) is 0 Å². The Morgan fingerprint density at radius 3 is 1.67 bits per heavy atom. The average Bonchev–Trinajstić information content (AvgIpc) is 2.51. The summed E-state index contributed by atoms with van der Waals surface area (Å²) in [5.41, 5.74) is 0. The van der Waals surface area contributed by atoms with Crippen LogP contribution in [0.1, 0.15) is 0 Å². The van der Waals surface area contributed by atoms with Crippen molar-refractivity contribution in [2.75, 3.05) is 23.5 Å². The number of benzene rings is 1. The summed E-state index contributed by atoms with van der Waals surface area (Å²) < 4.78 is 28.7. The van der Waals surface area contributed by atoms with Gasteiger partial charge < -0.3 is 4.52 Å². The topological polar surface area (TPSA) is 44.8 Å². The number of hydrogen-bond acceptors (Lipinski definition) is 4. The zero-order chi connectivity index (χ0) is 15.7. The number of phosphoric acid groups is 1. The van der Waals surface area contributed by atoms with Gasteiger partial charge in [-0.15, -0.1) is 46.4 Å². The predicted molar refractivity (Wildman–Crippen MR) is 87.3 cm³/mol. The molecule has 0 aliphatic heterocycles. The van der Waals surface area contributed by atoms with E-state index in [-0.39, 0.29) is 23.5 Å². The number of halogens is 4. The molecule has 1 aromatic carbocycles. The van der Waals surface area contributed by atoms with Crippen molar-refractivity contribution in [1.29, 1.82) is 0 Å². The summed E-state index contributed by atoms with van der Waals surface area (Å²) in [6.07, 6.45) is -1.37. The molecule has 0 saturated carbocycles. The van der Waals surface area contributed by atoms with Gasteiger partial charge in [0.15, 0.2) is 0 Å². The first-order valence-electron chi connectivity index (χ1n) is 6.02. The van der Waals surface area contributed by atoms with E-state index in [1.54, 1.807) is 30.3 Å². The second-order valence-corrected chi connectivity index (χ2v) is 6.66. The Bertz CT molecular complexity index is 422. The lowest BCUT2D eigenvalue weighted by Crippen LogP contribution is -2.22. The zero-order valence-corrected chi connectivity index (χ0v) is 14.9. The second kappa shape index (κ2) is 10.2. The van der Waals surface area contributed by atoms with Gasteiger partial charge >= 0.3 is 7.82 Å². The van der Waals surface area contributed by atoms with Crippen molar-refractivity contribution in [2.45, 2.75) is 12.2 Å². The smallest absolute Gasteiger partial charge is 0.404 e. The highest BCUT2D eigenvalue weighted by molar-refractivity contribution is 7.49. The molecule has 0 bridgehead atoms. The van der Waals surface area contributed by atoms with E-state index in [1.165, 1.54) is 0 Å². The van der Waals surface area contributed by atoms with E-state index in [1.807, 2.05) is 0 Å². The fourth-order valence-electron chi connectivity index (χ4n) is 1.24. The molecule has 4 nitrogen and oxygen atoms in total. The van der Waals surface area contributed by atoms with E-state index in [2.05, 4.69) is 0 Å². The van der Waals surface area contributed by atoms with E-state index in [0.29, 0.717) is 5.75 Å². The van der Waals surface area contributed by atoms with Crippen molar-refractivity contribution in [3.8, 4) is 5.75 Å². The van der Waals surface area contributed by atoms with Gasteiger partial charge in [-0.2, -0.15) is 0 Å². The molecule has 0 fully saturated rings. The molecular formula is C12H15Cl4O4P. The molecule has 0 N–H and O–H groups in total. The number of phosphoric ester groups is 1. The van der Waals surface area contributed by atoms with Crippen molar-refractivity contribution >= 4 is 54.2 Å². The second-order valence-electron chi connectivity index (χ2n) is 3.92. The summed E-state index contributed by atoms with van der Waals surface area (Å²) in [6.45, 7) is 0. The van der Waals surface area contributed by atoms with Crippen molar-refractivity contribution < 1.29 is 18.1 Å². The summed E-state index contributed by atoms with van der Waals surface area (Å²) in [5.74, 6) is 0.498. The van der Waals surface area contributed by atoms with Crippen molar-refractivity contribution in [1.82, 2.24) is 0 Å². The van der Waals surface area contributed by atoms with Gasteiger partial charge in [-0.25, -0.2) is 4.57 Å². The molecule has 0 aliphatic rings. The molecule has 0 heterocycles. The monoisotopic (exact) mass is 394 g/mol. The third kappa shape index (κ3) is 6.96. The first-order valence-corrected chi connectivity index (χ1v) is 9.62. The van der Waals surface area contributed by atoms with Crippen LogP contribution in [0.25, 0.3) is 0 Å². The van der Waals surface area contributed by atoms with E-state index in [0.717, 1.165) is 0 Å². The Hall–Kier alpha value is 0.330. The summed E-state index contributed by atoms with van der Waals surface area (Å²) in [5, 5.41) is 0. The van der Waals surface area contributed by atoms with Crippen LogP contribution in [0, 0.1) is 0 Å². The van der Waals surface area contributed by atoms with Gasteiger partial charge in [-0.05, 0) is 12.1 Å². The highest BCUT2D eigenvalue weighted by Gasteiger charge is 2.35. The molecule has 0 aromatic heterocycles. The summed E-state index contributed by atoms with van der Waals surface area (Å²) >= 11 is 22.7. The first kappa shape index (κ1) is 19.4. The maximum atomic E-state index is 12.7. The fraction of sp³-hybridized carbons (Fsp3) is 0.500. The van der Waals surface area contributed by atoms with Gasteiger partial charge in [0.1, 0.15) is 5.75 Å². The number of hydrogen-bond donors (Lipinski definition) is 0. The van der Waals surface area contributed by atoms with Gasteiger partial charge in [0, 0.05) is 0 Å². The van der Waals surface area contributed by atoms with Gasteiger partial charge in [-0.1, -0.05) is 18.2 Å². The first-order chi connectivity index (χ1) is 10.1. The van der Waals surface area contributed by atoms with Crippen LogP contribution in [0.15, 0.2) is 30.3 Å². The third-order valence-corrected chi connectivity index (χ3v) is 5.13. The summed E-state index contributed by atoms with van der Waals surface area (Å²) in [6, 6.07) is 8.47. The van der Waals surface area contributed by atoms with E-state index in [4.69, 9.17) is 60.0 Å². The maximum absolute atomic E-state index is 12.7. The molecule has 0 aliphatic carbocycles. The van der Waals surface area contributed by atoms with Gasteiger partial charge in [-0.3, -0.25) is 9.05 Å². The van der Waals surface area contributed by atoms with Crippen LogP contribution in [0.5, 0.6) is 5.75 Å². The molecule has 0 spiro atoms. The van der Waals surface area contributed by atoms with Crippen LogP contribution < -0.4 is 4.52 Å². The Morgan fingerprint density at radius 1 is 0.857 bits per heavy atom. The molecule has 1 rings (SSSR count). The lowest BCUT2D eigenvalue weighted by Gasteiger charge is -2.24. The van der Waals surface area contributed by atoms with Crippen molar-refractivity contribution in [2.24, 2.45) is 0 Å².